The Kier molecular flexibility index (Phi) is 19.2. The molecular formula is C35H60N2. The smallest absolute Gasteiger partial charge is 0.108 e. The van der Waals surface area contributed by atoms with E-state index in [1.807, 2.05) is 0 Å². The highest BCUT2D eigenvalue weighted by Gasteiger charge is 2.08. The second-order valence-electron chi connectivity index (χ2n) is 11.4. The molecule has 0 saturated carbocycles. The summed E-state index contributed by atoms with van der Waals surface area (Å²) >= 11 is 0. The van der Waals surface area contributed by atoms with Gasteiger partial charge >= 0.3 is 0 Å². The number of imidazole rings is 1. The van der Waals surface area contributed by atoms with Gasteiger partial charge in [0, 0.05) is 19.2 Å². The summed E-state index contributed by atoms with van der Waals surface area (Å²) in [5.41, 5.74) is 2.76. The van der Waals surface area contributed by atoms with Crippen molar-refractivity contribution in [2.24, 2.45) is 0 Å². The van der Waals surface area contributed by atoms with Crippen LogP contribution in [0.1, 0.15) is 159 Å². The molecule has 2 heteroatoms. The minimum absolute atomic E-state index is 1.10. The van der Waals surface area contributed by atoms with E-state index in [1.165, 1.54) is 145 Å². The maximum absolute atomic E-state index is 5.14. The van der Waals surface area contributed by atoms with Crippen LogP contribution in [0.15, 0.2) is 36.5 Å². The van der Waals surface area contributed by atoms with E-state index < -0.39 is 0 Å². The number of aryl methyl sites for hydroxylation is 4. The van der Waals surface area contributed by atoms with Gasteiger partial charge in [-0.25, -0.2) is 4.98 Å². The highest BCUT2D eigenvalue weighted by molar-refractivity contribution is 5.15. The molecule has 0 radical (unpaired) electrons. The van der Waals surface area contributed by atoms with Crippen LogP contribution >= 0.6 is 0 Å². The van der Waals surface area contributed by atoms with Gasteiger partial charge in [0.05, 0.1) is 5.69 Å². The fourth-order valence-electron chi connectivity index (χ4n) is 5.51. The third-order valence-corrected chi connectivity index (χ3v) is 7.91. The van der Waals surface area contributed by atoms with Gasteiger partial charge in [0.1, 0.15) is 5.82 Å². The molecule has 0 aliphatic rings. The van der Waals surface area contributed by atoms with Gasteiger partial charge in [0.15, 0.2) is 0 Å². The van der Waals surface area contributed by atoms with E-state index in [2.05, 4.69) is 54.9 Å². The lowest BCUT2D eigenvalue weighted by Gasteiger charge is -2.08. The van der Waals surface area contributed by atoms with E-state index in [9.17, 15) is 0 Å². The third kappa shape index (κ3) is 16.1. The lowest BCUT2D eigenvalue weighted by molar-refractivity contribution is 0.521. The Bertz CT molecular complexity index is 748. The molecule has 1 aromatic carbocycles. The van der Waals surface area contributed by atoms with Gasteiger partial charge in [-0.3, -0.25) is 0 Å². The summed E-state index contributed by atoms with van der Waals surface area (Å²) in [6.07, 6.45) is 33.6. The van der Waals surface area contributed by atoms with Crippen LogP contribution in [0.25, 0.3) is 0 Å². The number of nitrogens with zero attached hydrogens (tertiary/aromatic N) is 2. The molecule has 0 saturated heterocycles. The molecule has 0 aliphatic heterocycles. The predicted molar refractivity (Wildman–Crippen MR) is 163 cm³/mol. The van der Waals surface area contributed by atoms with Gasteiger partial charge in [-0.15, -0.1) is 0 Å². The molecule has 0 aliphatic carbocycles. The second-order valence-corrected chi connectivity index (χ2v) is 11.4. The van der Waals surface area contributed by atoms with E-state index in [-0.39, 0.29) is 0 Å². The molecule has 0 atom stereocenters. The van der Waals surface area contributed by atoms with Crippen molar-refractivity contribution in [1.29, 1.82) is 0 Å². The molecule has 2 aromatic rings. The Labute approximate surface area is 231 Å². The van der Waals surface area contributed by atoms with E-state index in [0.717, 1.165) is 25.8 Å². The van der Waals surface area contributed by atoms with Gasteiger partial charge in [0.25, 0.3) is 0 Å². The zero-order chi connectivity index (χ0) is 26.2. The first-order chi connectivity index (χ1) is 18.3. The maximum atomic E-state index is 5.14. The zero-order valence-corrected chi connectivity index (χ0v) is 24.8. The Balaban J connectivity index is 1.69. The molecule has 2 rings (SSSR count). The third-order valence-electron chi connectivity index (χ3n) is 7.91. The molecule has 0 bridgehead atoms. The topological polar surface area (TPSA) is 17.8 Å². The van der Waals surface area contributed by atoms with Crippen molar-refractivity contribution >= 4 is 0 Å². The first-order valence-electron chi connectivity index (χ1n) is 16.4. The summed E-state index contributed by atoms with van der Waals surface area (Å²) in [5, 5.41) is 0. The Hall–Kier alpha value is -1.57. The molecule has 0 N–H and O–H groups in total. The van der Waals surface area contributed by atoms with Gasteiger partial charge in [0.2, 0.25) is 0 Å². The summed E-state index contributed by atoms with van der Waals surface area (Å²) in [4.78, 5) is 5.14. The number of aromatic nitrogens is 2. The number of unbranched alkanes of at least 4 members (excludes halogenated alkanes) is 17. The fourth-order valence-corrected chi connectivity index (χ4v) is 5.51. The van der Waals surface area contributed by atoms with Crippen LogP contribution in [-0.4, -0.2) is 9.55 Å². The molecule has 0 amide bonds. The zero-order valence-electron chi connectivity index (χ0n) is 24.8. The van der Waals surface area contributed by atoms with E-state index in [0.29, 0.717) is 0 Å². The van der Waals surface area contributed by atoms with Crippen molar-refractivity contribution in [1.82, 2.24) is 9.55 Å². The standard InChI is InChI=1S/C35H60N2/c1-3-5-7-9-11-13-15-17-19-24-31-37-32-34(29-25-28-33-26-21-20-22-27-33)36-35(37)30-23-18-16-14-12-10-8-6-4-2/h20-22,26-27,32H,3-19,23-25,28-31H2,1-2H3. The van der Waals surface area contributed by atoms with Crippen molar-refractivity contribution in [3.8, 4) is 0 Å². The molecular weight excluding hydrogens is 448 g/mol. The highest BCUT2D eigenvalue weighted by atomic mass is 15.1. The van der Waals surface area contributed by atoms with Crippen LogP contribution in [0, 0.1) is 0 Å². The van der Waals surface area contributed by atoms with Crippen LogP contribution in [0.4, 0.5) is 0 Å². The van der Waals surface area contributed by atoms with E-state index in [1.54, 1.807) is 0 Å². The summed E-state index contributed by atoms with van der Waals surface area (Å²) in [6.45, 7) is 5.76. The average molecular weight is 509 g/mol. The minimum atomic E-state index is 1.10. The Morgan fingerprint density at radius 1 is 0.514 bits per heavy atom. The number of hydrogen-bond donors (Lipinski definition) is 0. The SMILES string of the molecule is CCCCCCCCCCCCn1cc(CCCc2ccccc2)nc1CCCCCCCCCCC. The second kappa shape index (κ2) is 22.4. The fraction of sp³-hybridized carbons (Fsp3) is 0.743. The van der Waals surface area contributed by atoms with E-state index >= 15 is 0 Å². The van der Waals surface area contributed by atoms with Crippen molar-refractivity contribution in [3.63, 3.8) is 0 Å². The first kappa shape index (κ1) is 31.6. The maximum Gasteiger partial charge on any atom is 0.108 e. The summed E-state index contributed by atoms with van der Waals surface area (Å²) < 4.78 is 2.52. The van der Waals surface area contributed by atoms with Crippen molar-refractivity contribution < 1.29 is 0 Å². The molecule has 37 heavy (non-hydrogen) atoms. The van der Waals surface area contributed by atoms with Gasteiger partial charge in [-0.05, 0) is 37.7 Å². The Morgan fingerprint density at radius 3 is 1.59 bits per heavy atom. The van der Waals surface area contributed by atoms with E-state index in [4.69, 9.17) is 4.98 Å². The first-order valence-corrected chi connectivity index (χ1v) is 16.4. The lowest BCUT2D eigenvalue weighted by atomic mass is 10.1. The van der Waals surface area contributed by atoms with Crippen molar-refractivity contribution in [3.05, 3.63) is 53.6 Å². The van der Waals surface area contributed by atoms with Crippen molar-refractivity contribution in [2.45, 2.75) is 168 Å². The van der Waals surface area contributed by atoms with Gasteiger partial charge < -0.3 is 4.57 Å². The van der Waals surface area contributed by atoms with Gasteiger partial charge in [-0.2, -0.15) is 0 Å². The molecule has 0 spiro atoms. The van der Waals surface area contributed by atoms with Crippen LogP contribution in [0.5, 0.6) is 0 Å². The van der Waals surface area contributed by atoms with Gasteiger partial charge in [-0.1, -0.05) is 153 Å². The molecule has 1 aromatic heterocycles. The molecule has 0 fully saturated rings. The number of rotatable bonds is 25. The van der Waals surface area contributed by atoms with Crippen LogP contribution < -0.4 is 0 Å². The van der Waals surface area contributed by atoms with Crippen LogP contribution in [0.3, 0.4) is 0 Å². The minimum Gasteiger partial charge on any atom is -0.335 e. The molecule has 0 unspecified atom stereocenters. The van der Waals surface area contributed by atoms with Crippen LogP contribution in [0.2, 0.25) is 0 Å². The molecule has 1 heterocycles. The lowest BCUT2D eigenvalue weighted by Crippen LogP contribution is -2.03. The van der Waals surface area contributed by atoms with Crippen LogP contribution in [-0.2, 0) is 25.8 Å². The highest BCUT2D eigenvalue weighted by Crippen LogP contribution is 2.16. The predicted octanol–water partition coefficient (Wildman–Crippen LogP) is 11.1. The van der Waals surface area contributed by atoms with Crippen molar-refractivity contribution in [2.75, 3.05) is 0 Å². The summed E-state index contributed by atoms with van der Waals surface area (Å²) in [6, 6.07) is 10.9. The summed E-state index contributed by atoms with van der Waals surface area (Å²) in [5.74, 6) is 1.36. The average Bonchev–Trinajstić information content (AvgIpc) is 3.30. The largest absolute Gasteiger partial charge is 0.335 e. The normalized spacial score (nSPS) is 11.4. The summed E-state index contributed by atoms with van der Waals surface area (Å²) in [7, 11) is 0. The number of benzene rings is 1. The number of hydrogen-bond acceptors (Lipinski definition) is 1. The monoisotopic (exact) mass is 508 g/mol. The molecule has 2 nitrogen and oxygen atoms in total. The Morgan fingerprint density at radius 2 is 1.03 bits per heavy atom. The quantitative estimate of drug-likeness (QED) is 0.122. The molecule has 210 valence electrons.